The van der Waals surface area contributed by atoms with Crippen LogP contribution in [0.1, 0.15) is 26.7 Å². The van der Waals surface area contributed by atoms with E-state index < -0.39 is 0 Å². The molecule has 1 unspecified atom stereocenters. The Morgan fingerprint density at radius 1 is 1.29 bits per heavy atom. The fraction of sp³-hybridized carbons (Fsp3) is 0.500. The molecule has 0 saturated carbocycles. The average molecular weight is 283 g/mol. The van der Waals surface area contributed by atoms with Crippen molar-refractivity contribution in [1.82, 2.24) is 10.3 Å². The highest BCUT2D eigenvalue weighted by molar-refractivity contribution is 5.92. The Bertz CT molecular complexity index is 583. The topological polar surface area (TPSA) is 28.2 Å². The molecule has 0 aliphatic carbocycles. The van der Waals surface area contributed by atoms with Gasteiger partial charge in [0.1, 0.15) is 5.82 Å². The van der Waals surface area contributed by atoms with E-state index in [9.17, 15) is 0 Å². The third kappa shape index (κ3) is 3.35. The van der Waals surface area contributed by atoms with E-state index in [4.69, 9.17) is 4.98 Å². The molecule has 1 N–H and O–H groups in total. The molecule has 112 valence electrons. The largest absolute Gasteiger partial charge is 0.354 e. The maximum Gasteiger partial charge on any atom is 0.136 e. The standard InChI is InChI=1S/C18H25N3/c1-14(2)12-21(13-16-7-5-10-19-16)18-17-8-4-3-6-15(17)9-11-20-18/h3-4,6,8-9,11,14,16,19H,5,7,10,12-13H2,1-2H3. The maximum absolute atomic E-state index is 4.70. The molecule has 3 heteroatoms. The van der Waals surface area contributed by atoms with Gasteiger partial charge in [-0.15, -0.1) is 0 Å². The number of nitrogens with one attached hydrogen (secondary N) is 1. The van der Waals surface area contributed by atoms with Gasteiger partial charge in [-0.2, -0.15) is 0 Å². The van der Waals surface area contributed by atoms with E-state index in [0.717, 1.165) is 25.5 Å². The molecule has 1 aromatic heterocycles. The zero-order valence-electron chi connectivity index (χ0n) is 13.0. The first kappa shape index (κ1) is 14.3. The summed E-state index contributed by atoms with van der Waals surface area (Å²) >= 11 is 0. The molecule has 3 nitrogen and oxygen atoms in total. The quantitative estimate of drug-likeness (QED) is 0.911. The summed E-state index contributed by atoms with van der Waals surface area (Å²) in [6.45, 7) is 7.82. The minimum Gasteiger partial charge on any atom is -0.354 e. The molecule has 2 aromatic rings. The molecule has 0 bridgehead atoms. The second-order valence-electron chi connectivity index (χ2n) is 6.45. The monoisotopic (exact) mass is 283 g/mol. The van der Waals surface area contributed by atoms with Gasteiger partial charge in [-0.1, -0.05) is 38.1 Å². The molecule has 0 spiro atoms. The van der Waals surface area contributed by atoms with E-state index in [1.807, 2.05) is 6.20 Å². The summed E-state index contributed by atoms with van der Waals surface area (Å²) in [6, 6.07) is 11.3. The number of nitrogens with zero attached hydrogens (tertiary/aromatic N) is 2. The molecular weight excluding hydrogens is 258 g/mol. The Kier molecular flexibility index (Phi) is 4.39. The number of anilines is 1. The lowest BCUT2D eigenvalue weighted by molar-refractivity contribution is 0.539. The van der Waals surface area contributed by atoms with E-state index in [0.29, 0.717) is 12.0 Å². The van der Waals surface area contributed by atoms with Crippen LogP contribution < -0.4 is 10.2 Å². The minimum absolute atomic E-state index is 0.601. The second kappa shape index (κ2) is 6.44. The Morgan fingerprint density at radius 2 is 2.14 bits per heavy atom. The molecule has 0 amide bonds. The highest BCUT2D eigenvalue weighted by atomic mass is 15.2. The molecule has 1 fully saturated rings. The van der Waals surface area contributed by atoms with Crippen LogP contribution in [0.3, 0.4) is 0 Å². The van der Waals surface area contributed by atoms with Crippen molar-refractivity contribution >= 4 is 16.6 Å². The van der Waals surface area contributed by atoms with Gasteiger partial charge < -0.3 is 10.2 Å². The van der Waals surface area contributed by atoms with Crippen molar-refractivity contribution in [2.24, 2.45) is 5.92 Å². The number of hydrogen-bond acceptors (Lipinski definition) is 3. The predicted octanol–water partition coefficient (Wildman–Crippen LogP) is 3.45. The van der Waals surface area contributed by atoms with Gasteiger partial charge in [-0.05, 0) is 36.8 Å². The van der Waals surface area contributed by atoms with Gasteiger partial charge in [0.15, 0.2) is 0 Å². The first-order valence-corrected chi connectivity index (χ1v) is 8.06. The summed E-state index contributed by atoms with van der Waals surface area (Å²) in [7, 11) is 0. The molecule has 1 aliphatic rings. The minimum atomic E-state index is 0.601. The van der Waals surface area contributed by atoms with E-state index in [1.165, 1.54) is 23.6 Å². The summed E-state index contributed by atoms with van der Waals surface area (Å²) in [4.78, 5) is 7.17. The zero-order chi connectivity index (χ0) is 14.7. The molecule has 1 aromatic carbocycles. The van der Waals surface area contributed by atoms with Crippen LogP contribution in [0, 0.1) is 5.92 Å². The summed E-state index contributed by atoms with van der Waals surface area (Å²) < 4.78 is 0. The van der Waals surface area contributed by atoms with Gasteiger partial charge in [0.25, 0.3) is 0 Å². The van der Waals surface area contributed by atoms with Gasteiger partial charge >= 0.3 is 0 Å². The van der Waals surface area contributed by atoms with Gasteiger partial charge in [-0.25, -0.2) is 4.98 Å². The van der Waals surface area contributed by atoms with Crippen LogP contribution in [0.4, 0.5) is 5.82 Å². The predicted molar refractivity (Wildman–Crippen MR) is 89.8 cm³/mol. The van der Waals surface area contributed by atoms with Crippen LogP contribution >= 0.6 is 0 Å². The third-order valence-electron chi connectivity index (χ3n) is 4.14. The Balaban J connectivity index is 1.92. The van der Waals surface area contributed by atoms with Crippen LogP contribution in [0.2, 0.25) is 0 Å². The number of rotatable bonds is 5. The van der Waals surface area contributed by atoms with Gasteiger partial charge in [0.05, 0.1) is 0 Å². The lowest BCUT2D eigenvalue weighted by atomic mass is 10.1. The van der Waals surface area contributed by atoms with Gasteiger partial charge in [0, 0.05) is 30.7 Å². The third-order valence-corrected chi connectivity index (χ3v) is 4.14. The highest BCUT2D eigenvalue weighted by Gasteiger charge is 2.20. The van der Waals surface area contributed by atoms with Crippen molar-refractivity contribution in [1.29, 1.82) is 0 Å². The van der Waals surface area contributed by atoms with Crippen LogP contribution in [0.5, 0.6) is 0 Å². The molecule has 0 radical (unpaired) electrons. The number of hydrogen-bond donors (Lipinski definition) is 1. The number of fused-ring (bicyclic) bond motifs is 1. The number of aromatic nitrogens is 1. The molecule has 3 rings (SSSR count). The lowest BCUT2D eigenvalue weighted by Crippen LogP contribution is -2.40. The van der Waals surface area contributed by atoms with Crippen LogP contribution in [-0.4, -0.2) is 30.7 Å². The van der Waals surface area contributed by atoms with Crippen molar-refractivity contribution in [3.05, 3.63) is 36.5 Å². The number of benzene rings is 1. The molecule has 21 heavy (non-hydrogen) atoms. The van der Waals surface area contributed by atoms with Crippen LogP contribution in [0.15, 0.2) is 36.5 Å². The zero-order valence-corrected chi connectivity index (χ0v) is 13.0. The molecule has 1 aliphatic heterocycles. The molecule has 1 saturated heterocycles. The fourth-order valence-electron chi connectivity index (χ4n) is 3.22. The Hall–Kier alpha value is -1.61. The normalized spacial score (nSPS) is 18.5. The van der Waals surface area contributed by atoms with Crippen LogP contribution in [0.25, 0.3) is 10.8 Å². The van der Waals surface area contributed by atoms with Gasteiger partial charge in [-0.3, -0.25) is 0 Å². The van der Waals surface area contributed by atoms with Crippen LogP contribution in [-0.2, 0) is 0 Å². The van der Waals surface area contributed by atoms with E-state index in [1.54, 1.807) is 0 Å². The fourth-order valence-corrected chi connectivity index (χ4v) is 3.22. The highest BCUT2D eigenvalue weighted by Crippen LogP contribution is 2.25. The Morgan fingerprint density at radius 3 is 2.90 bits per heavy atom. The average Bonchev–Trinajstić information content (AvgIpc) is 2.98. The number of pyridine rings is 1. The van der Waals surface area contributed by atoms with Crippen molar-refractivity contribution in [3.8, 4) is 0 Å². The SMILES string of the molecule is CC(C)CN(CC1CCCN1)c1nccc2ccccc12. The summed E-state index contributed by atoms with van der Waals surface area (Å²) in [5.41, 5.74) is 0. The van der Waals surface area contributed by atoms with E-state index in [-0.39, 0.29) is 0 Å². The van der Waals surface area contributed by atoms with Crippen molar-refractivity contribution < 1.29 is 0 Å². The maximum atomic E-state index is 4.70. The van der Waals surface area contributed by atoms with Crippen molar-refractivity contribution in [2.45, 2.75) is 32.7 Å². The van der Waals surface area contributed by atoms with Crippen molar-refractivity contribution in [2.75, 3.05) is 24.5 Å². The van der Waals surface area contributed by atoms with E-state index >= 15 is 0 Å². The molecule has 2 heterocycles. The van der Waals surface area contributed by atoms with Crippen molar-refractivity contribution in [3.63, 3.8) is 0 Å². The molecular formula is C18H25N3. The summed E-state index contributed by atoms with van der Waals surface area (Å²) in [6.07, 6.45) is 4.51. The van der Waals surface area contributed by atoms with E-state index in [2.05, 4.69) is 54.4 Å². The Labute approximate surface area is 127 Å². The van der Waals surface area contributed by atoms with Gasteiger partial charge in [0.2, 0.25) is 0 Å². The summed E-state index contributed by atoms with van der Waals surface area (Å²) in [5.74, 6) is 1.77. The first-order chi connectivity index (χ1) is 10.2. The lowest BCUT2D eigenvalue weighted by Gasteiger charge is -2.29. The first-order valence-electron chi connectivity index (χ1n) is 8.06. The molecule has 1 atom stereocenters. The second-order valence-corrected chi connectivity index (χ2v) is 6.45. The summed E-state index contributed by atoms with van der Waals surface area (Å²) in [5, 5.41) is 6.15. The smallest absolute Gasteiger partial charge is 0.136 e.